The van der Waals surface area contributed by atoms with Gasteiger partial charge in [-0.25, -0.2) is 4.98 Å². The maximum absolute atomic E-state index is 14.0. The van der Waals surface area contributed by atoms with Gasteiger partial charge in [0.15, 0.2) is 0 Å². The Morgan fingerprint density at radius 3 is 1.87 bits per heavy atom. The number of pyridine rings is 1. The fourth-order valence-electron chi connectivity index (χ4n) is 5.35. The molecule has 240 valence electrons. The van der Waals surface area contributed by atoms with Gasteiger partial charge in [0.25, 0.3) is 5.95 Å². The van der Waals surface area contributed by atoms with Gasteiger partial charge in [-0.1, -0.05) is 17.2 Å². The Morgan fingerprint density at radius 1 is 0.733 bits per heavy atom. The number of para-hydroxylation sites is 1. The average molecular weight is 644 g/mol. The summed E-state index contributed by atoms with van der Waals surface area (Å²) in [5.41, 5.74) is -4.04. The van der Waals surface area contributed by atoms with Crippen LogP contribution < -0.4 is 9.80 Å². The van der Waals surface area contributed by atoms with Crippen molar-refractivity contribution in [1.82, 2.24) is 25.6 Å². The van der Waals surface area contributed by atoms with E-state index >= 15 is 0 Å². The molecule has 16 heteroatoms. The van der Waals surface area contributed by atoms with Gasteiger partial charge in [0.05, 0.1) is 22.2 Å². The molecule has 0 unspecified atom stereocenters. The van der Waals surface area contributed by atoms with Gasteiger partial charge in [0.1, 0.15) is 5.82 Å². The van der Waals surface area contributed by atoms with Crippen molar-refractivity contribution in [3.63, 3.8) is 0 Å². The number of alkyl halides is 9. The monoisotopic (exact) mass is 643 g/mol. The van der Waals surface area contributed by atoms with Gasteiger partial charge < -0.3 is 9.80 Å². The molecule has 7 nitrogen and oxygen atoms in total. The molecule has 2 heterocycles. The summed E-state index contributed by atoms with van der Waals surface area (Å²) < 4.78 is 124. The van der Waals surface area contributed by atoms with Crippen molar-refractivity contribution in [2.75, 3.05) is 22.9 Å². The second-order valence-corrected chi connectivity index (χ2v) is 11.6. The third-order valence-corrected chi connectivity index (χ3v) is 7.86. The fourth-order valence-corrected chi connectivity index (χ4v) is 5.35. The third kappa shape index (κ3) is 7.25. The third-order valence-electron chi connectivity index (χ3n) is 7.86. The normalized spacial score (nSPS) is 15.9. The van der Waals surface area contributed by atoms with Crippen molar-refractivity contribution in [2.24, 2.45) is 11.8 Å². The number of H-pyrrole nitrogens is 1. The van der Waals surface area contributed by atoms with Crippen molar-refractivity contribution in [3.8, 4) is 0 Å². The number of nitrogens with one attached hydrogen (secondary N) is 1. The van der Waals surface area contributed by atoms with Crippen LogP contribution in [0.1, 0.15) is 53.5 Å². The van der Waals surface area contributed by atoms with Crippen LogP contribution in [0.4, 0.5) is 51.3 Å². The number of tetrazole rings is 1. The van der Waals surface area contributed by atoms with Crippen LogP contribution in [0.2, 0.25) is 0 Å². The van der Waals surface area contributed by atoms with Crippen LogP contribution in [0, 0.1) is 11.8 Å². The summed E-state index contributed by atoms with van der Waals surface area (Å²) in [7, 11) is 0. The number of fused-ring (bicyclic) bond motifs is 1. The molecule has 2 fully saturated rings. The molecule has 2 aromatic heterocycles. The van der Waals surface area contributed by atoms with Gasteiger partial charge in [0.2, 0.25) is 0 Å². The molecular weight excluding hydrogens is 617 g/mol. The Balaban J connectivity index is 1.46. The smallest absolute Gasteiger partial charge is 0.356 e. The van der Waals surface area contributed by atoms with Gasteiger partial charge in [-0.3, -0.25) is 0 Å². The quantitative estimate of drug-likeness (QED) is 0.179. The molecule has 2 aliphatic carbocycles. The molecule has 0 radical (unpaired) electrons. The lowest BCUT2D eigenvalue weighted by molar-refractivity contribution is -0.143. The van der Waals surface area contributed by atoms with Crippen molar-refractivity contribution in [2.45, 2.75) is 57.3 Å². The summed E-state index contributed by atoms with van der Waals surface area (Å²) in [5.74, 6) is 0.816. The molecule has 0 saturated heterocycles. The Bertz CT molecular complexity index is 1610. The van der Waals surface area contributed by atoms with E-state index in [0.29, 0.717) is 42.6 Å². The SMILES string of the molecule is FC(F)(F)c1cc(CN(Cc2cc3cccc(C(F)(F)F)c3nc2N(CC2CC2)CC2CC2)c2nn[nH]n2)cc(C(F)(F)F)c1. The summed E-state index contributed by atoms with van der Waals surface area (Å²) in [4.78, 5) is 7.82. The van der Waals surface area contributed by atoms with Gasteiger partial charge in [-0.15, -0.1) is 5.10 Å². The number of aromatic amines is 1. The Hall–Kier alpha value is -4.11. The zero-order chi connectivity index (χ0) is 32.1. The molecule has 1 N–H and O–H groups in total. The minimum atomic E-state index is -5.05. The Kier molecular flexibility index (Phi) is 7.80. The first kappa shape index (κ1) is 30.9. The first-order valence-corrected chi connectivity index (χ1v) is 14.2. The fraction of sp³-hybridized carbons (Fsp3) is 0.448. The van der Waals surface area contributed by atoms with Crippen LogP contribution in [0.25, 0.3) is 10.9 Å². The molecule has 0 amide bonds. The first-order valence-electron chi connectivity index (χ1n) is 14.2. The maximum Gasteiger partial charge on any atom is 0.418 e. The zero-order valence-corrected chi connectivity index (χ0v) is 23.4. The minimum absolute atomic E-state index is 0.0411. The van der Waals surface area contributed by atoms with Crippen LogP contribution in [0.3, 0.4) is 0 Å². The van der Waals surface area contributed by atoms with Crippen LogP contribution in [0.5, 0.6) is 0 Å². The molecule has 0 atom stereocenters. The van der Waals surface area contributed by atoms with Crippen LogP contribution in [0.15, 0.2) is 42.5 Å². The van der Waals surface area contributed by atoms with Gasteiger partial charge in [-0.05, 0) is 78.6 Å². The average Bonchev–Trinajstić information content (AvgIpc) is 3.89. The topological polar surface area (TPSA) is 73.8 Å². The maximum atomic E-state index is 14.0. The molecule has 45 heavy (non-hydrogen) atoms. The predicted octanol–water partition coefficient (Wildman–Crippen LogP) is 7.64. The van der Waals surface area contributed by atoms with E-state index < -0.39 is 41.8 Å². The summed E-state index contributed by atoms with van der Waals surface area (Å²) >= 11 is 0. The highest BCUT2D eigenvalue weighted by Crippen LogP contribution is 2.41. The summed E-state index contributed by atoms with van der Waals surface area (Å²) in [6, 6.07) is 6.47. The van der Waals surface area contributed by atoms with E-state index in [0.717, 1.165) is 31.7 Å². The Morgan fingerprint density at radius 2 is 1.36 bits per heavy atom. The van der Waals surface area contributed by atoms with Crippen molar-refractivity contribution in [1.29, 1.82) is 0 Å². The zero-order valence-electron chi connectivity index (χ0n) is 23.4. The number of hydrogen-bond acceptors (Lipinski definition) is 6. The molecule has 2 aromatic carbocycles. The van der Waals surface area contributed by atoms with E-state index in [1.807, 2.05) is 4.90 Å². The van der Waals surface area contributed by atoms with E-state index in [-0.39, 0.29) is 40.8 Å². The minimum Gasteiger partial charge on any atom is -0.356 e. The first-order chi connectivity index (χ1) is 21.1. The van der Waals surface area contributed by atoms with E-state index in [4.69, 9.17) is 0 Å². The second-order valence-electron chi connectivity index (χ2n) is 11.6. The highest BCUT2D eigenvalue weighted by molar-refractivity contribution is 5.85. The lowest BCUT2D eigenvalue weighted by Gasteiger charge is -2.29. The van der Waals surface area contributed by atoms with Crippen LogP contribution in [-0.2, 0) is 31.6 Å². The van der Waals surface area contributed by atoms with Crippen LogP contribution in [-0.4, -0.2) is 38.7 Å². The van der Waals surface area contributed by atoms with E-state index in [9.17, 15) is 39.5 Å². The van der Waals surface area contributed by atoms with E-state index in [1.165, 1.54) is 23.1 Å². The molecule has 2 saturated carbocycles. The van der Waals surface area contributed by atoms with E-state index in [2.05, 4.69) is 25.6 Å². The summed E-state index contributed by atoms with van der Waals surface area (Å²) in [6.45, 7) is 0.414. The lowest BCUT2D eigenvalue weighted by atomic mass is 10.0. The Labute approximate surface area is 250 Å². The van der Waals surface area contributed by atoms with Crippen molar-refractivity contribution in [3.05, 3.63) is 70.3 Å². The highest BCUT2D eigenvalue weighted by Gasteiger charge is 2.38. The lowest BCUT2D eigenvalue weighted by Crippen LogP contribution is -2.32. The molecule has 6 rings (SSSR count). The highest BCUT2D eigenvalue weighted by atomic mass is 19.4. The number of anilines is 2. The molecule has 0 aliphatic heterocycles. The second kappa shape index (κ2) is 11.4. The largest absolute Gasteiger partial charge is 0.418 e. The summed E-state index contributed by atoms with van der Waals surface area (Å²) in [5, 5.41) is 13.7. The van der Waals surface area contributed by atoms with Gasteiger partial charge >= 0.3 is 18.5 Å². The van der Waals surface area contributed by atoms with Crippen molar-refractivity contribution < 1.29 is 39.5 Å². The molecule has 0 spiro atoms. The number of rotatable bonds is 10. The van der Waals surface area contributed by atoms with Crippen molar-refractivity contribution >= 4 is 22.7 Å². The van der Waals surface area contributed by atoms with Gasteiger partial charge in [-0.2, -0.15) is 44.7 Å². The molecule has 2 aliphatic rings. The molecular formula is C29H26F9N7. The number of aromatic nitrogens is 5. The molecule has 0 bridgehead atoms. The van der Waals surface area contributed by atoms with Crippen LogP contribution >= 0.6 is 0 Å². The predicted molar refractivity (Wildman–Crippen MR) is 145 cm³/mol. The number of benzene rings is 2. The van der Waals surface area contributed by atoms with E-state index in [1.54, 1.807) is 0 Å². The van der Waals surface area contributed by atoms with Gasteiger partial charge in [0, 0.05) is 37.1 Å². The molecule has 4 aromatic rings. The standard InChI is InChI=1S/C29H26F9N7/c30-27(31,32)21-8-18(9-22(11-21)28(33,34)35)14-45(26-40-42-43-41-26)15-20-10-19-2-1-3-23(29(36,37)38)24(19)39-25(20)44(12-16-4-5-16)13-17-6-7-17/h1-3,8-11,16-17H,4-7,12-15H2,(H,40,41,42,43). The number of halogens is 9. The summed E-state index contributed by atoms with van der Waals surface area (Å²) in [6.07, 6.45) is -10.9. The number of nitrogens with zero attached hydrogens (tertiary/aromatic N) is 6. The number of hydrogen-bond donors (Lipinski definition) is 1.